The van der Waals surface area contributed by atoms with Crippen molar-refractivity contribution in [3.05, 3.63) is 17.0 Å². The first kappa shape index (κ1) is 15.5. The van der Waals surface area contributed by atoms with E-state index in [9.17, 15) is 8.42 Å². The molecule has 0 aromatic carbocycles. The van der Waals surface area contributed by atoms with Crippen LogP contribution in [0.3, 0.4) is 0 Å². The number of nitrogens with zero attached hydrogens (tertiary/aromatic N) is 1. The summed E-state index contributed by atoms with van der Waals surface area (Å²) in [7, 11) is -3.33. The Bertz CT molecular complexity index is 587. The summed E-state index contributed by atoms with van der Waals surface area (Å²) in [4.78, 5) is 0. The Labute approximate surface area is 131 Å². The van der Waals surface area contributed by atoms with Gasteiger partial charge in [0.15, 0.2) is 0 Å². The Morgan fingerprint density at radius 3 is 2.62 bits per heavy atom. The zero-order valence-electron chi connectivity index (χ0n) is 12.7. The zero-order valence-corrected chi connectivity index (χ0v) is 14.3. The highest BCUT2D eigenvalue weighted by molar-refractivity contribution is 7.91. The van der Waals surface area contributed by atoms with Gasteiger partial charge >= 0.3 is 0 Å². The Morgan fingerprint density at radius 2 is 2.05 bits per heavy atom. The van der Waals surface area contributed by atoms with Gasteiger partial charge in [-0.2, -0.15) is 4.31 Å². The molecule has 0 bridgehead atoms. The summed E-state index contributed by atoms with van der Waals surface area (Å²) in [6.07, 6.45) is 4.83. The molecule has 2 aliphatic carbocycles. The Balaban J connectivity index is 1.72. The van der Waals surface area contributed by atoms with E-state index in [1.807, 2.05) is 25.3 Å². The van der Waals surface area contributed by atoms with Crippen LogP contribution in [0, 0.1) is 5.92 Å². The summed E-state index contributed by atoms with van der Waals surface area (Å²) >= 11 is 1.35. The quantitative estimate of drug-likeness (QED) is 0.798. The first-order chi connectivity index (χ1) is 9.96. The lowest BCUT2D eigenvalue weighted by molar-refractivity contribution is 0.342. The van der Waals surface area contributed by atoms with Crippen LogP contribution >= 0.6 is 11.3 Å². The molecular formula is C15H24N2O2S2. The van der Waals surface area contributed by atoms with Gasteiger partial charge in [0.2, 0.25) is 0 Å². The zero-order chi connectivity index (χ0) is 15.0. The van der Waals surface area contributed by atoms with Crippen molar-refractivity contribution < 1.29 is 8.42 Å². The van der Waals surface area contributed by atoms with E-state index in [4.69, 9.17) is 0 Å². The maximum absolute atomic E-state index is 12.8. The molecule has 3 rings (SSSR count). The average molecular weight is 329 g/mol. The van der Waals surface area contributed by atoms with E-state index in [1.54, 1.807) is 4.31 Å². The van der Waals surface area contributed by atoms with Crippen LogP contribution in [0.2, 0.25) is 0 Å². The molecule has 2 saturated carbocycles. The standard InChI is InChI=1S/C15H24N2O2S2/c1-11(2)17(9-12-3-4-12)21(18,19)15-7-13(10-20-15)8-16-14-5-6-14/h7,10-12,14,16H,3-6,8-9H2,1-2H3. The molecule has 0 radical (unpaired) electrons. The number of nitrogens with one attached hydrogen (secondary N) is 1. The molecule has 4 nitrogen and oxygen atoms in total. The van der Waals surface area contributed by atoms with Crippen molar-refractivity contribution in [3.63, 3.8) is 0 Å². The highest BCUT2D eigenvalue weighted by Gasteiger charge is 2.34. The number of hydrogen-bond donors (Lipinski definition) is 1. The molecule has 0 aliphatic heterocycles. The smallest absolute Gasteiger partial charge is 0.252 e. The van der Waals surface area contributed by atoms with Crippen LogP contribution in [0.25, 0.3) is 0 Å². The van der Waals surface area contributed by atoms with Gasteiger partial charge in [0.1, 0.15) is 4.21 Å². The van der Waals surface area contributed by atoms with Crippen LogP contribution in [0.1, 0.15) is 45.1 Å². The molecule has 0 spiro atoms. The molecule has 0 unspecified atom stereocenters. The fourth-order valence-corrected chi connectivity index (χ4v) is 5.44. The SMILES string of the molecule is CC(C)N(CC1CC1)S(=O)(=O)c1cc(CNC2CC2)cs1. The molecule has 0 amide bonds. The predicted molar refractivity (Wildman–Crippen MR) is 85.9 cm³/mol. The van der Waals surface area contributed by atoms with Gasteiger partial charge < -0.3 is 5.32 Å². The van der Waals surface area contributed by atoms with Crippen LogP contribution < -0.4 is 5.32 Å². The third kappa shape index (κ3) is 3.86. The third-order valence-corrected chi connectivity index (χ3v) is 7.58. The molecule has 1 heterocycles. The summed E-state index contributed by atoms with van der Waals surface area (Å²) in [6.45, 7) is 5.38. The predicted octanol–water partition coefficient (Wildman–Crippen LogP) is 2.81. The fourth-order valence-electron chi connectivity index (χ4n) is 2.39. The molecule has 0 atom stereocenters. The van der Waals surface area contributed by atoms with E-state index in [-0.39, 0.29) is 6.04 Å². The topological polar surface area (TPSA) is 49.4 Å². The van der Waals surface area contributed by atoms with Crippen molar-refractivity contribution in [2.45, 2.75) is 62.4 Å². The van der Waals surface area contributed by atoms with Crippen LogP contribution in [-0.2, 0) is 16.6 Å². The van der Waals surface area contributed by atoms with E-state index < -0.39 is 10.0 Å². The molecule has 1 aromatic heterocycles. The third-order valence-electron chi connectivity index (χ3n) is 4.08. The highest BCUT2D eigenvalue weighted by Crippen LogP contribution is 2.33. The minimum atomic E-state index is -3.33. The van der Waals surface area contributed by atoms with Crippen LogP contribution in [-0.4, -0.2) is 31.4 Å². The molecule has 21 heavy (non-hydrogen) atoms. The molecule has 1 aromatic rings. The van der Waals surface area contributed by atoms with Crippen molar-refractivity contribution >= 4 is 21.4 Å². The second kappa shape index (κ2) is 5.99. The maximum atomic E-state index is 12.8. The molecular weight excluding hydrogens is 304 g/mol. The minimum Gasteiger partial charge on any atom is -0.310 e. The van der Waals surface area contributed by atoms with E-state index in [2.05, 4.69) is 5.32 Å². The Hall–Kier alpha value is -0.430. The second-order valence-corrected chi connectivity index (χ2v) is 9.57. The molecule has 2 aliphatic rings. The van der Waals surface area contributed by atoms with Crippen LogP contribution in [0.4, 0.5) is 0 Å². The van der Waals surface area contributed by atoms with Gasteiger partial charge in [0.05, 0.1) is 0 Å². The summed E-state index contributed by atoms with van der Waals surface area (Å²) < 4.78 is 27.8. The molecule has 1 N–H and O–H groups in total. The highest BCUT2D eigenvalue weighted by atomic mass is 32.2. The lowest BCUT2D eigenvalue weighted by atomic mass is 10.3. The van der Waals surface area contributed by atoms with E-state index in [1.165, 1.54) is 37.0 Å². The molecule has 0 saturated heterocycles. The van der Waals surface area contributed by atoms with Gasteiger partial charge in [-0.1, -0.05) is 0 Å². The lowest BCUT2D eigenvalue weighted by Gasteiger charge is -2.25. The Morgan fingerprint density at radius 1 is 1.33 bits per heavy atom. The minimum absolute atomic E-state index is 0.0192. The van der Waals surface area contributed by atoms with Gasteiger partial charge in [0, 0.05) is 25.2 Å². The summed E-state index contributed by atoms with van der Waals surface area (Å²) in [5.74, 6) is 0.568. The van der Waals surface area contributed by atoms with E-state index >= 15 is 0 Å². The summed E-state index contributed by atoms with van der Waals surface area (Å²) in [6, 6.07) is 2.51. The molecule has 6 heteroatoms. The van der Waals surface area contributed by atoms with Crippen molar-refractivity contribution in [1.82, 2.24) is 9.62 Å². The number of hydrogen-bond acceptors (Lipinski definition) is 4. The van der Waals surface area contributed by atoms with Gasteiger partial charge in [-0.15, -0.1) is 11.3 Å². The van der Waals surface area contributed by atoms with E-state index in [0.717, 1.165) is 12.1 Å². The van der Waals surface area contributed by atoms with Crippen LogP contribution in [0.5, 0.6) is 0 Å². The van der Waals surface area contributed by atoms with E-state index in [0.29, 0.717) is 22.7 Å². The molecule has 118 valence electrons. The monoisotopic (exact) mass is 328 g/mol. The van der Waals surface area contributed by atoms with Crippen molar-refractivity contribution in [1.29, 1.82) is 0 Å². The van der Waals surface area contributed by atoms with Crippen molar-refractivity contribution in [3.8, 4) is 0 Å². The summed E-state index contributed by atoms with van der Waals surface area (Å²) in [5, 5.41) is 5.40. The largest absolute Gasteiger partial charge is 0.310 e. The first-order valence-corrected chi connectivity index (χ1v) is 10.1. The number of sulfonamides is 1. The maximum Gasteiger partial charge on any atom is 0.252 e. The summed E-state index contributed by atoms with van der Waals surface area (Å²) in [5.41, 5.74) is 1.08. The van der Waals surface area contributed by atoms with Crippen molar-refractivity contribution in [2.24, 2.45) is 5.92 Å². The van der Waals surface area contributed by atoms with Gasteiger partial charge in [0.25, 0.3) is 10.0 Å². The molecule has 2 fully saturated rings. The Kier molecular flexibility index (Phi) is 4.41. The fraction of sp³-hybridized carbons (Fsp3) is 0.733. The van der Waals surface area contributed by atoms with Gasteiger partial charge in [-0.25, -0.2) is 8.42 Å². The first-order valence-electron chi connectivity index (χ1n) is 7.79. The van der Waals surface area contributed by atoms with Crippen LogP contribution in [0.15, 0.2) is 15.7 Å². The van der Waals surface area contributed by atoms with Gasteiger partial charge in [-0.3, -0.25) is 0 Å². The lowest BCUT2D eigenvalue weighted by Crippen LogP contribution is -2.38. The normalized spacial score (nSPS) is 19.6. The number of rotatable bonds is 8. The second-order valence-electron chi connectivity index (χ2n) is 6.54. The number of thiophene rings is 1. The van der Waals surface area contributed by atoms with Crippen molar-refractivity contribution in [2.75, 3.05) is 6.54 Å². The van der Waals surface area contributed by atoms with Gasteiger partial charge in [-0.05, 0) is 62.5 Å². The average Bonchev–Trinajstić information content (AvgIpc) is 3.34.